The summed E-state index contributed by atoms with van der Waals surface area (Å²) in [7, 11) is 3.49. The molecule has 12 nitrogen and oxygen atoms in total. The summed E-state index contributed by atoms with van der Waals surface area (Å²) in [6.07, 6.45) is -1.29. The first-order valence-electron chi connectivity index (χ1n) is 11.4. The molecular weight excluding hydrogens is 474 g/mol. The summed E-state index contributed by atoms with van der Waals surface area (Å²) in [5, 5.41) is 65.8. The Morgan fingerprint density at radius 2 is 1.92 bits per heavy atom. The average molecular weight is 504 g/mol. The van der Waals surface area contributed by atoms with Crippen molar-refractivity contribution >= 4 is 34.6 Å². The SMILES string of the molecule is CN(C)c1cc(NCC(O)CO)c(O)c2c1C[C@H]1C[C@H]3CC(=O)C(C(N)=O)=C(O)[C@@]3(O)C(=O)C1=C2O. The molecule has 1 aromatic rings. The monoisotopic (exact) mass is 503 g/mol. The standard InChI is InChI=1S/C24H29N3O9/c1-27(2)14-6-13(26-7-11(29)8-28)19(31)17-12(14)4-9-3-10-5-15(30)18(23(25)35)22(34)24(10,36)21(33)16(9)20(17)32/h6,9-11,26,28-29,31-32,34,36H,3-5,7-8H2,1-2H3,(H2,25,35)/t9-,10+,11?,24+/m1/s1. The summed E-state index contributed by atoms with van der Waals surface area (Å²) in [6.45, 7) is -0.629. The number of carbonyl (C=O) groups is 3. The number of phenolic OH excluding ortho intramolecular Hbond substituents is 1. The van der Waals surface area contributed by atoms with Crippen molar-refractivity contribution in [3.63, 3.8) is 0 Å². The maximum Gasteiger partial charge on any atom is 0.255 e. The quantitative estimate of drug-likeness (QED) is 0.179. The Balaban J connectivity index is 1.90. The van der Waals surface area contributed by atoms with Crippen LogP contribution in [0.25, 0.3) is 5.76 Å². The Morgan fingerprint density at radius 1 is 1.25 bits per heavy atom. The molecule has 3 aliphatic rings. The van der Waals surface area contributed by atoms with Crippen molar-refractivity contribution in [1.82, 2.24) is 0 Å². The number of hydrogen-bond donors (Lipinski definition) is 8. The fourth-order valence-electron chi connectivity index (χ4n) is 5.50. The Labute approximate surface area is 206 Å². The molecular formula is C24H29N3O9. The zero-order valence-corrected chi connectivity index (χ0v) is 19.8. The summed E-state index contributed by atoms with van der Waals surface area (Å²) in [5.41, 5.74) is 2.67. The van der Waals surface area contributed by atoms with Gasteiger partial charge in [-0.25, -0.2) is 0 Å². The molecule has 0 radical (unpaired) electrons. The Hall–Kier alpha value is -3.61. The molecule has 1 saturated carbocycles. The Morgan fingerprint density at radius 3 is 2.50 bits per heavy atom. The number of Topliss-reactive ketones (excluding diaryl/α,β-unsaturated/α-hetero) is 2. The lowest BCUT2D eigenvalue weighted by molar-refractivity contribution is -0.147. The summed E-state index contributed by atoms with van der Waals surface area (Å²) in [4.78, 5) is 39.5. The molecule has 4 atom stereocenters. The van der Waals surface area contributed by atoms with E-state index in [0.717, 1.165) is 0 Å². The Bertz CT molecular complexity index is 1240. The van der Waals surface area contributed by atoms with Crippen LogP contribution in [-0.2, 0) is 20.8 Å². The zero-order valence-electron chi connectivity index (χ0n) is 19.8. The van der Waals surface area contributed by atoms with Gasteiger partial charge in [-0.15, -0.1) is 0 Å². The maximum atomic E-state index is 13.6. The van der Waals surface area contributed by atoms with Crippen molar-refractivity contribution in [3.8, 4) is 5.75 Å². The van der Waals surface area contributed by atoms with Gasteiger partial charge in [0, 0.05) is 44.2 Å². The molecule has 0 aliphatic heterocycles. The lowest BCUT2D eigenvalue weighted by atomic mass is 9.59. The van der Waals surface area contributed by atoms with Crippen LogP contribution in [0.4, 0.5) is 11.4 Å². The van der Waals surface area contributed by atoms with Crippen molar-refractivity contribution < 1.29 is 45.0 Å². The number of fused-ring (bicyclic) bond motifs is 3. The van der Waals surface area contributed by atoms with Crippen LogP contribution in [0.1, 0.15) is 24.0 Å². The summed E-state index contributed by atoms with van der Waals surface area (Å²) >= 11 is 0. The smallest absolute Gasteiger partial charge is 0.255 e. The van der Waals surface area contributed by atoms with E-state index in [0.29, 0.717) is 11.3 Å². The molecule has 3 aliphatic carbocycles. The largest absolute Gasteiger partial charge is 0.508 e. The fourth-order valence-corrected chi connectivity index (χ4v) is 5.50. The van der Waals surface area contributed by atoms with E-state index in [-0.39, 0.29) is 42.6 Å². The van der Waals surface area contributed by atoms with E-state index >= 15 is 0 Å². The minimum atomic E-state index is -2.63. The number of amides is 1. The molecule has 1 aromatic carbocycles. The van der Waals surface area contributed by atoms with Crippen LogP contribution in [0.3, 0.4) is 0 Å². The predicted molar refractivity (Wildman–Crippen MR) is 127 cm³/mol. The van der Waals surface area contributed by atoms with Gasteiger partial charge in [-0.3, -0.25) is 14.4 Å². The first-order valence-corrected chi connectivity index (χ1v) is 11.4. The first-order chi connectivity index (χ1) is 16.8. The van der Waals surface area contributed by atoms with Crippen LogP contribution < -0.4 is 16.0 Å². The predicted octanol–water partition coefficient (Wildman–Crippen LogP) is -0.745. The van der Waals surface area contributed by atoms with Crippen LogP contribution in [0.5, 0.6) is 5.75 Å². The maximum absolute atomic E-state index is 13.6. The van der Waals surface area contributed by atoms with Crippen molar-refractivity contribution in [3.05, 3.63) is 34.1 Å². The number of nitrogens with one attached hydrogen (secondary N) is 1. The fraction of sp³-hybridized carbons (Fsp3) is 0.458. The van der Waals surface area contributed by atoms with Crippen LogP contribution in [0.15, 0.2) is 23.0 Å². The third kappa shape index (κ3) is 3.60. The van der Waals surface area contributed by atoms with Gasteiger partial charge in [0.15, 0.2) is 11.4 Å². The van der Waals surface area contributed by atoms with Crippen LogP contribution in [0.2, 0.25) is 0 Å². The van der Waals surface area contributed by atoms with E-state index in [1.165, 1.54) is 0 Å². The van der Waals surface area contributed by atoms with Crippen molar-refractivity contribution in [2.75, 3.05) is 37.5 Å². The molecule has 4 rings (SSSR count). The number of aliphatic hydroxyl groups is 5. The number of benzene rings is 1. The highest BCUT2D eigenvalue weighted by Gasteiger charge is 2.60. The lowest BCUT2D eigenvalue weighted by Gasteiger charge is -2.46. The van der Waals surface area contributed by atoms with Gasteiger partial charge in [0.25, 0.3) is 5.91 Å². The third-order valence-corrected chi connectivity index (χ3v) is 7.26. The van der Waals surface area contributed by atoms with Gasteiger partial charge in [-0.1, -0.05) is 0 Å². The van der Waals surface area contributed by atoms with E-state index in [2.05, 4.69) is 5.32 Å². The molecule has 0 spiro atoms. The first kappa shape index (κ1) is 25.5. The summed E-state index contributed by atoms with van der Waals surface area (Å²) < 4.78 is 0. The number of nitrogens with two attached hydrogens (primary N) is 1. The van der Waals surface area contributed by atoms with Crippen molar-refractivity contribution in [2.24, 2.45) is 17.6 Å². The van der Waals surface area contributed by atoms with Gasteiger partial charge < -0.3 is 46.6 Å². The minimum absolute atomic E-state index is 0.0409. The number of carbonyl (C=O) groups excluding carboxylic acids is 3. The molecule has 194 valence electrons. The van der Waals surface area contributed by atoms with E-state index < -0.39 is 70.5 Å². The van der Waals surface area contributed by atoms with Gasteiger partial charge >= 0.3 is 0 Å². The highest BCUT2D eigenvalue weighted by Crippen LogP contribution is 2.54. The van der Waals surface area contributed by atoms with E-state index in [9.17, 15) is 39.9 Å². The molecule has 9 N–H and O–H groups in total. The van der Waals surface area contributed by atoms with Crippen LogP contribution in [-0.4, -0.2) is 87.1 Å². The number of anilines is 2. The second-order valence-corrected chi connectivity index (χ2v) is 9.66. The number of phenols is 1. The molecule has 0 saturated heterocycles. The van der Waals surface area contributed by atoms with Gasteiger partial charge in [-0.2, -0.15) is 0 Å². The lowest BCUT2D eigenvalue weighted by Crippen LogP contribution is -2.58. The van der Waals surface area contributed by atoms with Gasteiger partial charge in [-0.05, 0) is 30.4 Å². The van der Waals surface area contributed by atoms with Crippen molar-refractivity contribution in [1.29, 1.82) is 0 Å². The van der Waals surface area contributed by atoms with E-state index in [1.807, 2.05) is 0 Å². The number of aliphatic hydroxyl groups excluding tert-OH is 4. The second-order valence-electron chi connectivity index (χ2n) is 9.66. The summed E-state index contributed by atoms with van der Waals surface area (Å²) in [6, 6.07) is 1.61. The molecule has 1 amide bonds. The minimum Gasteiger partial charge on any atom is -0.508 e. The van der Waals surface area contributed by atoms with E-state index in [4.69, 9.17) is 10.8 Å². The molecule has 12 heteroatoms. The molecule has 36 heavy (non-hydrogen) atoms. The summed E-state index contributed by atoms with van der Waals surface area (Å²) in [5.74, 6) is -6.95. The highest BCUT2D eigenvalue weighted by atomic mass is 16.3. The topological polar surface area (TPSA) is 214 Å². The number of hydrogen-bond acceptors (Lipinski definition) is 11. The highest BCUT2D eigenvalue weighted by molar-refractivity contribution is 6.22. The molecule has 1 fully saturated rings. The number of aromatic hydroxyl groups is 1. The van der Waals surface area contributed by atoms with Gasteiger partial charge in [0.05, 0.1) is 24.0 Å². The number of primary amides is 1. The number of ketones is 2. The average Bonchev–Trinajstić information content (AvgIpc) is 2.80. The second kappa shape index (κ2) is 8.80. The van der Waals surface area contributed by atoms with Crippen LogP contribution >= 0.6 is 0 Å². The number of rotatable bonds is 6. The zero-order chi connectivity index (χ0) is 26.7. The molecule has 0 heterocycles. The van der Waals surface area contributed by atoms with E-state index in [1.54, 1.807) is 25.1 Å². The number of nitrogens with zero attached hydrogens (tertiary/aromatic N) is 1. The van der Waals surface area contributed by atoms with Gasteiger partial charge in [0.2, 0.25) is 5.78 Å². The normalized spacial score (nSPS) is 26.2. The Kier molecular flexibility index (Phi) is 6.23. The van der Waals surface area contributed by atoms with Crippen LogP contribution in [0, 0.1) is 11.8 Å². The third-order valence-electron chi connectivity index (χ3n) is 7.26. The molecule has 1 unspecified atom stereocenters. The van der Waals surface area contributed by atoms with Gasteiger partial charge in [0.1, 0.15) is 22.8 Å². The van der Waals surface area contributed by atoms with Crippen molar-refractivity contribution in [2.45, 2.75) is 31.0 Å². The molecule has 0 aromatic heterocycles. The molecule has 0 bridgehead atoms.